The molecule has 1 heterocycles. The van der Waals surface area contributed by atoms with E-state index in [9.17, 15) is 9.59 Å². The van der Waals surface area contributed by atoms with Gasteiger partial charge in [0.1, 0.15) is 0 Å². The average molecular weight is 258 g/mol. The van der Waals surface area contributed by atoms with Crippen molar-refractivity contribution in [3.63, 3.8) is 0 Å². The first-order chi connectivity index (χ1) is 9.22. The molecule has 2 amide bonds. The summed E-state index contributed by atoms with van der Waals surface area (Å²) < 4.78 is 0. The molecule has 0 spiro atoms. The van der Waals surface area contributed by atoms with Crippen LogP contribution in [0.5, 0.6) is 0 Å². The summed E-state index contributed by atoms with van der Waals surface area (Å²) >= 11 is 0. The van der Waals surface area contributed by atoms with E-state index in [4.69, 9.17) is 5.73 Å². The summed E-state index contributed by atoms with van der Waals surface area (Å²) in [7, 11) is 0. The molecule has 0 aromatic heterocycles. The molecular formula is C15H18N2O2. The van der Waals surface area contributed by atoms with E-state index in [2.05, 4.69) is 0 Å². The summed E-state index contributed by atoms with van der Waals surface area (Å²) in [4.78, 5) is 26.3. The van der Waals surface area contributed by atoms with Crippen molar-refractivity contribution in [3.05, 3.63) is 35.4 Å². The highest BCUT2D eigenvalue weighted by molar-refractivity contribution is 6.10. The standard InChI is InChI=1S/C15H18N2O2/c16-9-11-5-3-7-13(11)17-14(18)8-10-4-1-2-6-12(10)15(17)19/h1-2,4,6,11,13H,3,5,7-9,16H2. The lowest BCUT2D eigenvalue weighted by atomic mass is 9.94. The summed E-state index contributed by atoms with van der Waals surface area (Å²) in [5.41, 5.74) is 7.28. The summed E-state index contributed by atoms with van der Waals surface area (Å²) in [6, 6.07) is 7.38. The van der Waals surface area contributed by atoms with E-state index in [1.54, 1.807) is 0 Å². The number of amides is 2. The van der Waals surface area contributed by atoms with Crippen LogP contribution in [0, 0.1) is 5.92 Å². The number of carbonyl (C=O) groups excluding carboxylic acids is 2. The molecule has 4 nitrogen and oxygen atoms in total. The molecule has 100 valence electrons. The predicted molar refractivity (Wildman–Crippen MR) is 71.5 cm³/mol. The topological polar surface area (TPSA) is 63.4 Å². The van der Waals surface area contributed by atoms with E-state index in [1.807, 2.05) is 24.3 Å². The maximum absolute atomic E-state index is 12.5. The Kier molecular flexibility index (Phi) is 3.11. The van der Waals surface area contributed by atoms with E-state index >= 15 is 0 Å². The third-order valence-corrected chi connectivity index (χ3v) is 4.33. The zero-order chi connectivity index (χ0) is 13.4. The Balaban J connectivity index is 1.95. The third-order valence-electron chi connectivity index (χ3n) is 4.33. The first-order valence-corrected chi connectivity index (χ1v) is 6.86. The Labute approximate surface area is 112 Å². The lowest BCUT2D eigenvalue weighted by Crippen LogP contribution is -2.50. The van der Waals surface area contributed by atoms with Gasteiger partial charge < -0.3 is 5.73 Å². The van der Waals surface area contributed by atoms with Crippen molar-refractivity contribution in [2.45, 2.75) is 31.7 Å². The van der Waals surface area contributed by atoms with Crippen LogP contribution in [0.15, 0.2) is 24.3 Å². The van der Waals surface area contributed by atoms with Gasteiger partial charge in [0.25, 0.3) is 5.91 Å². The normalized spacial score (nSPS) is 26.7. The van der Waals surface area contributed by atoms with Crippen LogP contribution in [-0.2, 0) is 11.2 Å². The molecule has 0 saturated heterocycles. The third kappa shape index (κ3) is 1.96. The molecule has 1 aliphatic heterocycles. The zero-order valence-corrected chi connectivity index (χ0v) is 10.8. The number of imide groups is 1. The molecule has 2 N–H and O–H groups in total. The van der Waals surface area contributed by atoms with E-state index in [0.717, 1.165) is 24.8 Å². The zero-order valence-electron chi connectivity index (χ0n) is 10.8. The van der Waals surface area contributed by atoms with Gasteiger partial charge in [-0.3, -0.25) is 14.5 Å². The van der Waals surface area contributed by atoms with Gasteiger partial charge in [0.15, 0.2) is 0 Å². The number of fused-ring (bicyclic) bond motifs is 1. The second-order valence-electron chi connectivity index (χ2n) is 5.40. The molecule has 19 heavy (non-hydrogen) atoms. The maximum atomic E-state index is 12.5. The molecular weight excluding hydrogens is 240 g/mol. The van der Waals surface area contributed by atoms with Crippen molar-refractivity contribution in [1.29, 1.82) is 0 Å². The van der Waals surface area contributed by atoms with E-state index < -0.39 is 0 Å². The van der Waals surface area contributed by atoms with Crippen LogP contribution >= 0.6 is 0 Å². The van der Waals surface area contributed by atoms with Crippen LogP contribution in [0.4, 0.5) is 0 Å². The lowest BCUT2D eigenvalue weighted by Gasteiger charge is -2.34. The molecule has 1 fully saturated rings. The minimum absolute atomic E-state index is 0.00152. The van der Waals surface area contributed by atoms with Crippen molar-refractivity contribution in [2.75, 3.05) is 6.54 Å². The monoisotopic (exact) mass is 258 g/mol. The van der Waals surface area contributed by atoms with Crippen molar-refractivity contribution in [1.82, 2.24) is 4.90 Å². The van der Waals surface area contributed by atoms with Crippen LogP contribution < -0.4 is 5.73 Å². The summed E-state index contributed by atoms with van der Waals surface area (Å²) in [5.74, 6) is 0.0458. The molecule has 3 rings (SSSR count). The molecule has 1 aromatic rings. The molecule has 0 bridgehead atoms. The van der Waals surface area contributed by atoms with E-state index in [-0.39, 0.29) is 23.8 Å². The summed E-state index contributed by atoms with van der Waals surface area (Å²) in [5, 5.41) is 0. The molecule has 0 radical (unpaired) electrons. The van der Waals surface area contributed by atoms with Gasteiger partial charge in [0, 0.05) is 11.6 Å². The Hall–Kier alpha value is -1.68. The fourth-order valence-corrected chi connectivity index (χ4v) is 3.34. The smallest absolute Gasteiger partial charge is 0.261 e. The molecule has 2 aliphatic rings. The van der Waals surface area contributed by atoms with Crippen molar-refractivity contribution in [3.8, 4) is 0 Å². The maximum Gasteiger partial charge on any atom is 0.261 e. The van der Waals surface area contributed by atoms with Crippen LogP contribution in [0.25, 0.3) is 0 Å². The molecule has 2 atom stereocenters. The molecule has 1 aromatic carbocycles. The van der Waals surface area contributed by atoms with Gasteiger partial charge in [-0.25, -0.2) is 0 Å². The van der Waals surface area contributed by atoms with Gasteiger partial charge in [0.2, 0.25) is 5.91 Å². The highest BCUT2D eigenvalue weighted by atomic mass is 16.2. The van der Waals surface area contributed by atoms with E-state index in [0.29, 0.717) is 18.5 Å². The Morgan fingerprint density at radius 2 is 2.00 bits per heavy atom. The lowest BCUT2D eigenvalue weighted by molar-refractivity contribution is -0.130. The first kappa shape index (κ1) is 12.4. The van der Waals surface area contributed by atoms with Crippen molar-refractivity contribution >= 4 is 11.8 Å². The van der Waals surface area contributed by atoms with Crippen molar-refractivity contribution < 1.29 is 9.59 Å². The Morgan fingerprint density at radius 1 is 1.21 bits per heavy atom. The first-order valence-electron chi connectivity index (χ1n) is 6.86. The largest absolute Gasteiger partial charge is 0.330 e. The minimum atomic E-state index is -0.141. The SMILES string of the molecule is NCC1CCCC1N1C(=O)Cc2ccccc2C1=O. The fraction of sp³-hybridized carbons (Fsp3) is 0.467. The molecule has 1 aliphatic carbocycles. The average Bonchev–Trinajstić information content (AvgIpc) is 2.87. The van der Waals surface area contributed by atoms with Gasteiger partial charge in [0.05, 0.1) is 6.42 Å². The summed E-state index contributed by atoms with van der Waals surface area (Å²) in [6.45, 7) is 0.545. The molecule has 2 unspecified atom stereocenters. The van der Waals surface area contributed by atoms with Gasteiger partial charge in [-0.2, -0.15) is 0 Å². The van der Waals surface area contributed by atoms with Gasteiger partial charge in [-0.05, 0) is 36.9 Å². The van der Waals surface area contributed by atoms with Crippen LogP contribution in [0.3, 0.4) is 0 Å². The number of benzene rings is 1. The van der Waals surface area contributed by atoms with Gasteiger partial charge >= 0.3 is 0 Å². The fourth-order valence-electron chi connectivity index (χ4n) is 3.34. The number of hydrogen-bond acceptors (Lipinski definition) is 3. The number of hydrogen-bond donors (Lipinski definition) is 1. The molecule has 4 heteroatoms. The Morgan fingerprint density at radius 3 is 2.79 bits per heavy atom. The number of carbonyl (C=O) groups is 2. The highest BCUT2D eigenvalue weighted by Crippen LogP contribution is 2.33. The second-order valence-corrected chi connectivity index (χ2v) is 5.40. The second kappa shape index (κ2) is 4.78. The highest BCUT2D eigenvalue weighted by Gasteiger charge is 2.40. The number of nitrogens with two attached hydrogens (primary N) is 1. The van der Waals surface area contributed by atoms with Crippen LogP contribution in [0.1, 0.15) is 35.2 Å². The molecule has 1 saturated carbocycles. The Bertz CT molecular complexity index is 527. The van der Waals surface area contributed by atoms with Crippen LogP contribution in [-0.4, -0.2) is 29.3 Å². The van der Waals surface area contributed by atoms with E-state index in [1.165, 1.54) is 4.90 Å². The van der Waals surface area contributed by atoms with Gasteiger partial charge in [-0.15, -0.1) is 0 Å². The van der Waals surface area contributed by atoms with Crippen molar-refractivity contribution in [2.24, 2.45) is 11.7 Å². The van der Waals surface area contributed by atoms with Crippen LogP contribution in [0.2, 0.25) is 0 Å². The number of rotatable bonds is 2. The quantitative estimate of drug-likeness (QED) is 0.814. The number of nitrogens with zero attached hydrogens (tertiary/aromatic N) is 1. The minimum Gasteiger partial charge on any atom is -0.330 e. The van der Waals surface area contributed by atoms with Gasteiger partial charge in [-0.1, -0.05) is 24.6 Å². The predicted octanol–water partition coefficient (Wildman–Crippen LogP) is 1.34. The summed E-state index contributed by atoms with van der Waals surface area (Å²) in [6.07, 6.45) is 3.28.